The first kappa shape index (κ1) is 18.5. The monoisotopic (exact) mass is 368 g/mol. The summed E-state index contributed by atoms with van der Waals surface area (Å²) in [6.07, 6.45) is 0.469. The number of ketones is 1. The summed E-state index contributed by atoms with van der Waals surface area (Å²) in [6.45, 7) is 3.36. The molecule has 1 unspecified atom stereocenters. The number of nitriles is 1. The minimum atomic E-state index is -0.650. The highest BCUT2D eigenvalue weighted by Crippen LogP contribution is 2.43. The van der Waals surface area contributed by atoms with E-state index in [1.165, 1.54) is 6.92 Å². The van der Waals surface area contributed by atoms with Gasteiger partial charge in [0.25, 0.3) is 0 Å². The molecule has 2 aliphatic rings. The highest BCUT2D eigenvalue weighted by atomic mass is 16.7. The van der Waals surface area contributed by atoms with Crippen LogP contribution in [0.3, 0.4) is 0 Å². The van der Waals surface area contributed by atoms with E-state index >= 15 is 0 Å². The number of carbonyl (C=O) groups excluding carboxylic acids is 2. The largest absolute Gasteiger partial charge is 0.462 e. The second-order valence-corrected chi connectivity index (χ2v) is 6.56. The lowest BCUT2D eigenvalue weighted by molar-refractivity contribution is -0.140. The van der Waals surface area contributed by atoms with Crippen molar-refractivity contribution < 1.29 is 23.8 Å². The predicted molar refractivity (Wildman–Crippen MR) is 95.7 cm³/mol. The fourth-order valence-electron chi connectivity index (χ4n) is 3.27. The van der Waals surface area contributed by atoms with E-state index in [1.54, 1.807) is 25.1 Å². The summed E-state index contributed by atoms with van der Waals surface area (Å²) in [4.78, 5) is 23.9. The highest BCUT2D eigenvalue weighted by Gasteiger charge is 2.35. The Labute approximate surface area is 157 Å². The lowest BCUT2D eigenvalue weighted by atomic mass is 9.77. The fraction of sp³-hybridized carbons (Fsp3) is 0.350. The van der Waals surface area contributed by atoms with Gasteiger partial charge in [-0.1, -0.05) is 11.6 Å². The average molecular weight is 368 g/mol. The molecule has 1 aliphatic heterocycles. The molecule has 1 aliphatic carbocycles. The van der Waals surface area contributed by atoms with E-state index in [0.717, 1.165) is 5.57 Å². The zero-order valence-corrected chi connectivity index (χ0v) is 15.2. The lowest BCUT2D eigenvalue weighted by Crippen LogP contribution is -2.24. The Balaban J connectivity index is 1.99. The van der Waals surface area contributed by atoms with Gasteiger partial charge in [-0.3, -0.25) is 4.79 Å². The number of fused-ring (bicyclic) bond motifs is 1. The van der Waals surface area contributed by atoms with Gasteiger partial charge in [-0.2, -0.15) is 5.26 Å². The van der Waals surface area contributed by atoms with Crippen LogP contribution < -0.4 is 15.2 Å². The third-order valence-electron chi connectivity index (χ3n) is 4.60. The van der Waals surface area contributed by atoms with Gasteiger partial charge >= 0.3 is 5.97 Å². The summed E-state index contributed by atoms with van der Waals surface area (Å²) in [5, 5.41) is 9.66. The third kappa shape index (κ3) is 3.65. The molecule has 140 valence electrons. The van der Waals surface area contributed by atoms with Crippen molar-refractivity contribution in [3.63, 3.8) is 0 Å². The van der Waals surface area contributed by atoms with Crippen LogP contribution in [0.2, 0.25) is 0 Å². The molecular weight excluding hydrogens is 348 g/mol. The van der Waals surface area contributed by atoms with Gasteiger partial charge in [0.15, 0.2) is 11.5 Å². The molecule has 3 rings (SSSR count). The predicted octanol–water partition coefficient (Wildman–Crippen LogP) is 2.48. The van der Waals surface area contributed by atoms with Gasteiger partial charge in [0, 0.05) is 24.1 Å². The van der Waals surface area contributed by atoms with Crippen LogP contribution in [0.4, 0.5) is 0 Å². The molecule has 0 aromatic heterocycles. The first-order valence-electron chi connectivity index (χ1n) is 8.56. The number of rotatable bonds is 5. The maximum Gasteiger partial charge on any atom is 0.334 e. The van der Waals surface area contributed by atoms with Crippen molar-refractivity contribution >= 4 is 11.8 Å². The quantitative estimate of drug-likeness (QED) is 0.795. The Bertz CT molecular complexity index is 907. The molecule has 7 nitrogen and oxygen atoms in total. The summed E-state index contributed by atoms with van der Waals surface area (Å²) < 4.78 is 16.0. The van der Waals surface area contributed by atoms with E-state index in [-0.39, 0.29) is 25.6 Å². The number of benzene rings is 1. The maximum absolute atomic E-state index is 12.8. The summed E-state index contributed by atoms with van der Waals surface area (Å²) in [7, 11) is 0. The van der Waals surface area contributed by atoms with Crippen molar-refractivity contribution in [2.75, 3.05) is 13.4 Å². The molecule has 1 heterocycles. The van der Waals surface area contributed by atoms with Crippen LogP contribution in [0, 0.1) is 11.3 Å². The van der Waals surface area contributed by atoms with Gasteiger partial charge in [0.1, 0.15) is 5.78 Å². The Hall–Kier alpha value is -3.27. The van der Waals surface area contributed by atoms with Crippen LogP contribution in [0.1, 0.15) is 38.2 Å². The summed E-state index contributed by atoms with van der Waals surface area (Å²) in [6, 6.07) is 7.41. The molecule has 1 aromatic rings. The van der Waals surface area contributed by atoms with E-state index in [4.69, 9.17) is 19.9 Å². The minimum Gasteiger partial charge on any atom is -0.462 e. The standard InChI is InChI=1S/C20H20N2O5/c1-11-7-15(22)14(9-21)19(18(11)20(24)25-6-5-12(2)23)13-3-4-16-17(8-13)27-10-26-16/h3-4,8,19H,5-7,10,22H2,1-2H3. The first-order chi connectivity index (χ1) is 12.9. The van der Waals surface area contributed by atoms with Gasteiger partial charge in [-0.15, -0.1) is 0 Å². The maximum atomic E-state index is 12.8. The Morgan fingerprint density at radius 1 is 1.33 bits per heavy atom. The molecule has 2 N–H and O–H groups in total. The van der Waals surface area contributed by atoms with Crippen LogP contribution in [-0.4, -0.2) is 25.2 Å². The van der Waals surface area contributed by atoms with Crippen LogP contribution in [0.15, 0.2) is 40.6 Å². The molecule has 0 saturated carbocycles. The number of carbonyl (C=O) groups is 2. The molecule has 0 bridgehead atoms. The molecule has 0 spiro atoms. The smallest absolute Gasteiger partial charge is 0.334 e. The highest BCUT2D eigenvalue weighted by molar-refractivity contribution is 5.93. The van der Waals surface area contributed by atoms with Crippen LogP contribution in [0.25, 0.3) is 0 Å². The molecule has 27 heavy (non-hydrogen) atoms. The number of nitrogens with zero attached hydrogens (tertiary/aromatic N) is 1. The zero-order valence-electron chi connectivity index (χ0n) is 15.2. The number of Topliss-reactive ketones (excluding diaryl/α,β-unsaturated/α-hetero) is 1. The Kier molecular flexibility index (Phi) is 5.17. The number of hydrogen-bond acceptors (Lipinski definition) is 7. The van der Waals surface area contributed by atoms with Crippen molar-refractivity contribution in [2.24, 2.45) is 5.73 Å². The first-order valence-corrected chi connectivity index (χ1v) is 8.56. The van der Waals surface area contributed by atoms with Gasteiger partial charge in [-0.25, -0.2) is 4.79 Å². The van der Waals surface area contributed by atoms with Gasteiger partial charge < -0.3 is 19.9 Å². The SMILES string of the molecule is CC(=O)CCOC(=O)C1=C(C)CC(N)=C(C#N)C1c1ccc2c(c1)OCO2. The van der Waals surface area contributed by atoms with E-state index in [2.05, 4.69) is 6.07 Å². The van der Waals surface area contributed by atoms with Gasteiger partial charge in [0.05, 0.1) is 24.2 Å². The van der Waals surface area contributed by atoms with E-state index < -0.39 is 11.9 Å². The summed E-state index contributed by atoms with van der Waals surface area (Å²) in [5.74, 6) is -0.0988. The molecule has 0 radical (unpaired) electrons. The van der Waals surface area contributed by atoms with Crippen LogP contribution in [-0.2, 0) is 14.3 Å². The number of ether oxygens (including phenoxy) is 3. The molecule has 1 atom stereocenters. The van der Waals surface area contributed by atoms with Crippen LogP contribution >= 0.6 is 0 Å². The zero-order chi connectivity index (χ0) is 19.6. The van der Waals surface area contributed by atoms with Crippen molar-refractivity contribution in [3.8, 4) is 17.6 Å². The normalized spacial score (nSPS) is 18.3. The van der Waals surface area contributed by atoms with E-state index in [0.29, 0.717) is 40.3 Å². The van der Waals surface area contributed by atoms with Crippen molar-refractivity contribution in [1.29, 1.82) is 5.26 Å². The molecule has 7 heteroatoms. The average Bonchev–Trinajstić information content (AvgIpc) is 3.08. The second kappa shape index (κ2) is 7.54. The van der Waals surface area contributed by atoms with Gasteiger partial charge in [-0.05, 0) is 31.5 Å². The Morgan fingerprint density at radius 3 is 2.78 bits per heavy atom. The summed E-state index contributed by atoms with van der Waals surface area (Å²) in [5.41, 5.74) is 8.65. The molecule has 0 amide bonds. The van der Waals surface area contributed by atoms with Crippen molar-refractivity contribution in [3.05, 3.63) is 46.2 Å². The lowest BCUT2D eigenvalue weighted by Gasteiger charge is -2.27. The minimum absolute atomic E-state index is 0.000110. The van der Waals surface area contributed by atoms with E-state index in [1.807, 2.05) is 0 Å². The third-order valence-corrected chi connectivity index (χ3v) is 4.60. The molecule has 0 fully saturated rings. The number of nitrogens with two attached hydrogens (primary N) is 1. The number of allylic oxidation sites excluding steroid dienone is 2. The molecule has 0 saturated heterocycles. The van der Waals surface area contributed by atoms with Crippen LogP contribution in [0.5, 0.6) is 11.5 Å². The van der Waals surface area contributed by atoms with Crippen molar-refractivity contribution in [1.82, 2.24) is 0 Å². The molecule has 1 aromatic carbocycles. The summed E-state index contributed by atoms with van der Waals surface area (Å²) >= 11 is 0. The second-order valence-electron chi connectivity index (χ2n) is 6.56. The topological polar surface area (TPSA) is 112 Å². The fourth-order valence-corrected chi connectivity index (χ4v) is 3.27. The van der Waals surface area contributed by atoms with E-state index in [9.17, 15) is 14.9 Å². The number of hydrogen-bond donors (Lipinski definition) is 1. The van der Waals surface area contributed by atoms with Crippen molar-refractivity contribution in [2.45, 2.75) is 32.6 Å². The number of esters is 1. The Morgan fingerprint density at radius 2 is 2.07 bits per heavy atom. The van der Waals surface area contributed by atoms with Gasteiger partial charge in [0.2, 0.25) is 6.79 Å². The molecular formula is C20H20N2O5.